The highest BCUT2D eigenvalue weighted by atomic mass is 19.1. The first-order valence-electron chi connectivity index (χ1n) is 5.21. The molecule has 5 heteroatoms. The van der Waals surface area contributed by atoms with Crippen molar-refractivity contribution in [3.05, 3.63) is 24.3 Å². The van der Waals surface area contributed by atoms with Crippen LogP contribution in [0.4, 0.5) is 20.6 Å². The first kappa shape index (κ1) is 10.7. The van der Waals surface area contributed by atoms with E-state index in [4.69, 9.17) is 5.73 Å². The molecular formula is C11H14FN3O. The Labute approximate surface area is 93.4 Å². The number of halogens is 1. The van der Waals surface area contributed by atoms with Gasteiger partial charge in [-0.25, -0.2) is 9.18 Å². The Morgan fingerprint density at radius 1 is 1.31 bits per heavy atom. The molecular weight excluding hydrogens is 209 g/mol. The Balaban J connectivity index is 2.19. The molecule has 2 rings (SSSR count). The minimum Gasteiger partial charge on any atom is -0.397 e. The molecule has 2 amide bonds. The lowest BCUT2D eigenvalue weighted by Gasteiger charge is -2.19. The molecule has 0 saturated carbocycles. The Kier molecular flexibility index (Phi) is 2.94. The van der Waals surface area contributed by atoms with E-state index in [0.29, 0.717) is 24.5 Å². The number of benzene rings is 1. The average Bonchev–Trinajstić information content (AvgIpc) is 2.62. The van der Waals surface area contributed by atoms with Crippen LogP contribution in [0, 0.1) is 0 Å². The van der Waals surface area contributed by atoms with E-state index in [2.05, 4.69) is 0 Å². The van der Waals surface area contributed by atoms with Crippen molar-refractivity contribution in [1.82, 2.24) is 4.90 Å². The van der Waals surface area contributed by atoms with E-state index in [-0.39, 0.29) is 12.6 Å². The summed E-state index contributed by atoms with van der Waals surface area (Å²) in [6.07, 6.45) is 0. The number of carbonyl (C=O) groups is 1. The molecule has 16 heavy (non-hydrogen) atoms. The lowest BCUT2D eigenvalue weighted by Crippen LogP contribution is -2.33. The number of amides is 2. The van der Waals surface area contributed by atoms with Crippen LogP contribution >= 0.6 is 0 Å². The number of hydrogen-bond donors (Lipinski definition) is 1. The fourth-order valence-corrected chi connectivity index (χ4v) is 1.85. The van der Waals surface area contributed by atoms with E-state index in [1.807, 2.05) is 12.1 Å². The maximum absolute atomic E-state index is 12.2. The molecule has 4 nitrogen and oxygen atoms in total. The van der Waals surface area contributed by atoms with Crippen LogP contribution in [0.5, 0.6) is 0 Å². The van der Waals surface area contributed by atoms with Crippen molar-refractivity contribution in [3.8, 4) is 0 Å². The zero-order chi connectivity index (χ0) is 11.5. The molecule has 1 aromatic rings. The number of urea groups is 1. The highest BCUT2D eigenvalue weighted by Gasteiger charge is 2.29. The summed E-state index contributed by atoms with van der Waals surface area (Å²) in [6, 6.07) is 7.03. The summed E-state index contributed by atoms with van der Waals surface area (Å²) in [5.41, 5.74) is 7.07. The Hall–Kier alpha value is -1.78. The number of rotatable bonds is 3. The number of carbonyl (C=O) groups excluding carboxylic acids is 1. The molecule has 86 valence electrons. The number of nitrogens with zero attached hydrogens (tertiary/aromatic N) is 2. The molecule has 1 fully saturated rings. The Bertz CT molecular complexity index is 397. The number of alkyl halides is 1. The van der Waals surface area contributed by atoms with E-state index >= 15 is 0 Å². The lowest BCUT2D eigenvalue weighted by atomic mass is 10.2. The summed E-state index contributed by atoms with van der Waals surface area (Å²) in [6.45, 7) is 0.760. The maximum Gasteiger partial charge on any atom is 0.324 e. The highest BCUT2D eigenvalue weighted by molar-refractivity contribution is 5.97. The second-order valence-corrected chi connectivity index (χ2v) is 3.67. The van der Waals surface area contributed by atoms with Gasteiger partial charge >= 0.3 is 6.03 Å². The van der Waals surface area contributed by atoms with Crippen LogP contribution in [0.15, 0.2) is 24.3 Å². The van der Waals surface area contributed by atoms with Crippen LogP contribution in [0.25, 0.3) is 0 Å². The molecule has 0 aromatic heterocycles. The van der Waals surface area contributed by atoms with E-state index in [1.54, 1.807) is 17.0 Å². The zero-order valence-corrected chi connectivity index (χ0v) is 8.90. The number of nitrogens with two attached hydrogens (primary N) is 1. The maximum atomic E-state index is 12.2. The number of para-hydroxylation sites is 2. The first-order valence-corrected chi connectivity index (χ1v) is 5.21. The second-order valence-electron chi connectivity index (χ2n) is 3.67. The molecule has 2 N–H and O–H groups in total. The van der Waals surface area contributed by atoms with Crippen LogP contribution in [-0.4, -0.2) is 37.2 Å². The monoisotopic (exact) mass is 223 g/mol. The number of anilines is 2. The summed E-state index contributed by atoms with van der Waals surface area (Å²) in [4.78, 5) is 15.0. The van der Waals surface area contributed by atoms with Crippen LogP contribution in [0.3, 0.4) is 0 Å². The predicted octanol–water partition coefficient (Wildman–Crippen LogP) is 1.48. The van der Waals surface area contributed by atoms with Crippen molar-refractivity contribution in [2.75, 3.05) is 36.9 Å². The van der Waals surface area contributed by atoms with Crippen LogP contribution in [0.2, 0.25) is 0 Å². The smallest absolute Gasteiger partial charge is 0.324 e. The van der Waals surface area contributed by atoms with Gasteiger partial charge in [-0.2, -0.15) is 0 Å². The topological polar surface area (TPSA) is 49.6 Å². The van der Waals surface area contributed by atoms with Crippen molar-refractivity contribution in [3.63, 3.8) is 0 Å². The SMILES string of the molecule is Nc1ccccc1N1CCN(CCF)C1=O. The molecule has 0 atom stereocenters. The standard InChI is InChI=1S/C11H14FN3O/c12-5-6-14-7-8-15(11(14)16)10-4-2-1-3-9(10)13/h1-4H,5-8,13H2. The summed E-state index contributed by atoms with van der Waals surface area (Å²) < 4.78 is 12.2. The largest absolute Gasteiger partial charge is 0.397 e. The normalized spacial score (nSPS) is 15.9. The lowest BCUT2D eigenvalue weighted by molar-refractivity contribution is 0.216. The van der Waals surface area contributed by atoms with Gasteiger partial charge in [0.1, 0.15) is 6.67 Å². The van der Waals surface area contributed by atoms with Gasteiger partial charge in [-0.1, -0.05) is 12.1 Å². The minimum absolute atomic E-state index is 0.155. The summed E-state index contributed by atoms with van der Waals surface area (Å²) in [5, 5.41) is 0. The predicted molar refractivity (Wildman–Crippen MR) is 61.1 cm³/mol. The van der Waals surface area contributed by atoms with E-state index < -0.39 is 6.67 Å². The van der Waals surface area contributed by atoms with Gasteiger partial charge in [0.25, 0.3) is 0 Å². The van der Waals surface area contributed by atoms with Crippen molar-refractivity contribution in [1.29, 1.82) is 0 Å². The molecule has 0 unspecified atom stereocenters. The Morgan fingerprint density at radius 2 is 2.06 bits per heavy atom. The molecule has 1 saturated heterocycles. The van der Waals surface area contributed by atoms with Crippen molar-refractivity contribution in [2.24, 2.45) is 0 Å². The third-order valence-electron chi connectivity index (χ3n) is 2.68. The summed E-state index contributed by atoms with van der Waals surface area (Å²) in [7, 11) is 0. The molecule has 1 heterocycles. The molecule has 0 bridgehead atoms. The van der Waals surface area contributed by atoms with E-state index in [9.17, 15) is 9.18 Å². The first-order chi connectivity index (χ1) is 7.74. The molecule has 0 radical (unpaired) electrons. The van der Waals surface area contributed by atoms with Crippen molar-refractivity contribution >= 4 is 17.4 Å². The third-order valence-corrected chi connectivity index (χ3v) is 2.68. The average molecular weight is 223 g/mol. The van der Waals surface area contributed by atoms with Gasteiger partial charge in [-0.3, -0.25) is 4.90 Å². The van der Waals surface area contributed by atoms with E-state index in [0.717, 1.165) is 0 Å². The van der Waals surface area contributed by atoms with Gasteiger partial charge in [-0.05, 0) is 12.1 Å². The van der Waals surface area contributed by atoms with Crippen LogP contribution in [0.1, 0.15) is 0 Å². The molecule has 1 aromatic carbocycles. The molecule has 0 spiro atoms. The molecule has 1 aliphatic heterocycles. The number of hydrogen-bond acceptors (Lipinski definition) is 2. The van der Waals surface area contributed by atoms with Gasteiger partial charge in [0, 0.05) is 13.1 Å². The van der Waals surface area contributed by atoms with Gasteiger partial charge in [-0.15, -0.1) is 0 Å². The van der Waals surface area contributed by atoms with Gasteiger partial charge < -0.3 is 10.6 Å². The molecule has 1 aliphatic rings. The van der Waals surface area contributed by atoms with Crippen LogP contribution in [-0.2, 0) is 0 Å². The number of nitrogen functional groups attached to an aromatic ring is 1. The summed E-state index contributed by atoms with van der Waals surface area (Å²) >= 11 is 0. The fourth-order valence-electron chi connectivity index (χ4n) is 1.85. The van der Waals surface area contributed by atoms with E-state index in [1.165, 1.54) is 4.90 Å². The molecule has 0 aliphatic carbocycles. The van der Waals surface area contributed by atoms with Crippen molar-refractivity contribution < 1.29 is 9.18 Å². The van der Waals surface area contributed by atoms with Gasteiger partial charge in [0.15, 0.2) is 0 Å². The Morgan fingerprint density at radius 3 is 2.75 bits per heavy atom. The van der Waals surface area contributed by atoms with Crippen molar-refractivity contribution in [2.45, 2.75) is 0 Å². The third kappa shape index (κ3) is 1.80. The fraction of sp³-hybridized carbons (Fsp3) is 0.364. The highest BCUT2D eigenvalue weighted by Crippen LogP contribution is 2.25. The van der Waals surface area contributed by atoms with Crippen LogP contribution < -0.4 is 10.6 Å². The van der Waals surface area contributed by atoms with Gasteiger partial charge in [0.05, 0.1) is 17.9 Å². The minimum atomic E-state index is -0.510. The zero-order valence-electron chi connectivity index (χ0n) is 8.90. The summed E-state index contributed by atoms with van der Waals surface area (Å²) in [5.74, 6) is 0. The second kappa shape index (κ2) is 4.38. The quantitative estimate of drug-likeness (QED) is 0.789. The van der Waals surface area contributed by atoms with Gasteiger partial charge in [0.2, 0.25) is 0 Å².